The quantitative estimate of drug-likeness (QED) is 0.257. The van der Waals surface area contributed by atoms with E-state index in [0.717, 1.165) is 16.7 Å². The average Bonchev–Trinajstić information content (AvgIpc) is 2.80. The molecule has 7 nitrogen and oxygen atoms in total. The standard InChI is InChI=1S/C26H26BrN3O4/c1-16-5-8-19(9-6-16)15-34-24-21(27)12-20(13-23(24)33-4)14-28-30-26(32)25(31)29-22-10-7-17(2)11-18(22)3/h5-14H,15H2,1-4H3,(H,29,31)(H,30,32)/b28-14+. The molecular weight excluding hydrogens is 498 g/mol. The van der Waals surface area contributed by atoms with Crippen molar-refractivity contribution in [2.45, 2.75) is 27.4 Å². The maximum Gasteiger partial charge on any atom is 0.329 e. The molecule has 8 heteroatoms. The smallest absolute Gasteiger partial charge is 0.329 e. The number of carbonyl (C=O) groups is 2. The topological polar surface area (TPSA) is 89.0 Å². The Bertz CT molecular complexity index is 1220. The normalized spacial score (nSPS) is 10.7. The molecule has 0 aliphatic heterocycles. The number of methoxy groups -OCH3 is 1. The molecule has 0 aliphatic rings. The van der Waals surface area contributed by atoms with E-state index < -0.39 is 11.8 Å². The van der Waals surface area contributed by atoms with Gasteiger partial charge in [0.05, 0.1) is 17.8 Å². The molecule has 0 aliphatic carbocycles. The molecule has 0 atom stereocenters. The zero-order chi connectivity index (χ0) is 24.7. The maximum absolute atomic E-state index is 12.2. The number of amides is 2. The third-order valence-electron chi connectivity index (χ3n) is 4.97. The first-order valence-corrected chi connectivity index (χ1v) is 11.3. The van der Waals surface area contributed by atoms with Gasteiger partial charge in [0.15, 0.2) is 11.5 Å². The van der Waals surface area contributed by atoms with Crippen LogP contribution in [0.15, 0.2) is 64.2 Å². The third-order valence-corrected chi connectivity index (χ3v) is 5.56. The number of nitrogens with one attached hydrogen (secondary N) is 2. The number of rotatable bonds is 7. The molecule has 3 aromatic carbocycles. The lowest BCUT2D eigenvalue weighted by atomic mass is 10.1. The zero-order valence-electron chi connectivity index (χ0n) is 19.4. The molecule has 0 saturated heterocycles. The van der Waals surface area contributed by atoms with E-state index >= 15 is 0 Å². The molecule has 0 aromatic heterocycles. The van der Waals surface area contributed by atoms with Gasteiger partial charge in [-0.25, -0.2) is 5.43 Å². The Kier molecular flexibility index (Phi) is 8.43. The SMILES string of the molecule is COc1cc(/C=N/NC(=O)C(=O)Nc2ccc(C)cc2C)cc(Br)c1OCc1ccc(C)cc1. The highest BCUT2D eigenvalue weighted by molar-refractivity contribution is 9.10. The minimum atomic E-state index is -0.875. The molecule has 0 heterocycles. The Hall–Kier alpha value is -3.65. The van der Waals surface area contributed by atoms with E-state index in [0.29, 0.717) is 33.8 Å². The summed E-state index contributed by atoms with van der Waals surface area (Å²) in [6, 6.07) is 17.1. The summed E-state index contributed by atoms with van der Waals surface area (Å²) in [5.74, 6) is -0.623. The van der Waals surface area contributed by atoms with Crippen LogP contribution in [-0.4, -0.2) is 25.1 Å². The number of hydrogen-bond acceptors (Lipinski definition) is 5. The van der Waals surface area contributed by atoms with Gasteiger partial charge in [0, 0.05) is 5.69 Å². The Morgan fingerprint density at radius 1 is 0.971 bits per heavy atom. The molecule has 0 unspecified atom stereocenters. The number of nitrogens with zero attached hydrogens (tertiary/aromatic N) is 1. The van der Waals surface area contributed by atoms with Crippen molar-refractivity contribution in [3.8, 4) is 11.5 Å². The minimum absolute atomic E-state index is 0.383. The molecule has 34 heavy (non-hydrogen) atoms. The fourth-order valence-electron chi connectivity index (χ4n) is 3.14. The predicted octanol–water partition coefficient (Wildman–Crippen LogP) is 5.05. The molecule has 0 bridgehead atoms. The predicted molar refractivity (Wildman–Crippen MR) is 136 cm³/mol. The average molecular weight is 524 g/mol. The molecule has 2 N–H and O–H groups in total. The van der Waals surface area contributed by atoms with Crippen LogP contribution in [0.25, 0.3) is 0 Å². The largest absolute Gasteiger partial charge is 0.493 e. The number of hydrogen-bond donors (Lipinski definition) is 2. The molecule has 3 rings (SSSR count). The maximum atomic E-state index is 12.2. The van der Waals surface area contributed by atoms with Gasteiger partial charge in [0.2, 0.25) is 0 Å². The molecule has 0 spiro atoms. The van der Waals surface area contributed by atoms with E-state index in [4.69, 9.17) is 9.47 Å². The Balaban J connectivity index is 1.62. The van der Waals surface area contributed by atoms with Crippen LogP contribution >= 0.6 is 15.9 Å². The molecular formula is C26H26BrN3O4. The Morgan fingerprint density at radius 2 is 1.68 bits per heavy atom. The van der Waals surface area contributed by atoms with Crippen LogP contribution in [0.5, 0.6) is 11.5 Å². The second-order valence-electron chi connectivity index (χ2n) is 7.78. The lowest BCUT2D eigenvalue weighted by Crippen LogP contribution is -2.32. The fraction of sp³-hybridized carbons (Fsp3) is 0.192. The summed E-state index contributed by atoms with van der Waals surface area (Å²) in [5.41, 5.74) is 7.60. The second kappa shape index (κ2) is 11.5. The third kappa shape index (κ3) is 6.68. The van der Waals surface area contributed by atoms with Gasteiger partial charge in [0.1, 0.15) is 6.61 Å². The number of halogens is 1. The highest BCUT2D eigenvalue weighted by atomic mass is 79.9. The van der Waals surface area contributed by atoms with Crippen molar-refractivity contribution in [1.29, 1.82) is 0 Å². The van der Waals surface area contributed by atoms with Gasteiger partial charge in [-0.15, -0.1) is 0 Å². The van der Waals surface area contributed by atoms with Gasteiger partial charge >= 0.3 is 11.8 Å². The number of hydrazone groups is 1. The number of ether oxygens (including phenoxy) is 2. The van der Waals surface area contributed by atoms with Crippen LogP contribution in [0.1, 0.15) is 27.8 Å². The highest BCUT2D eigenvalue weighted by Crippen LogP contribution is 2.36. The van der Waals surface area contributed by atoms with Crippen molar-refractivity contribution in [3.63, 3.8) is 0 Å². The van der Waals surface area contributed by atoms with E-state index in [1.54, 1.807) is 25.3 Å². The van der Waals surface area contributed by atoms with E-state index in [1.807, 2.05) is 57.2 Å². The number of anilines is 1. The fourth-order valence-corrected chi connectivity index (χ4v) is 3.72. The van der Waals surface area contributed by atoms with Gasteiger partial charge in [-0.1, -0.05) is 47.5 Å². The van der Waals surface area contributed by atoms with Crippen LogP contribution in [0.3, 0.4) is 0 Å². The van der Waals surface area contributed by atoms with Gasteiger partial charge in [-0.3, -0.25) is 9.59 Å². The molecule has 0 saturated carbocycles. The van der Waals surface area contributed by atoms with Crippen LogP contribution in [0.4, 0.5) is 5.69 Å². The zero-order valence-corrected chi connectivity index (χ0v) is 21.0. The highest BCUT2D eigenvalue weighted by Gasteiger charge is 2.15. The molecule has 2 amide bonds. The summed E-state index contributed by atoms with van der Waals surface area (Å²) in [5, 5.41) is 6.47. The van der Waals surface area contributed by atoms with Crippen molar-refractivity contribution < 1.29 is 19.1 Å². The van der Waals surface area contributed by atoms with Crippen molar-refractivity contribution in [2.24, 2.45) is 5.10 Å². The summed E-state index contributed by atoms with van der Waals surface area (Å²) >= 11 is 3.50. The summed E-state index contributed by atoms with van der Waals surface area (Å²) < 4.78 is 12.1. The second-order valence-corrected chi connectivity index (χ2v) is 8.63. The van der Waals surface area contributed by atoms with E-state index in [2.05, 4.69) is 31.8 Å². The van der Waals surface area contributed by atoms with Gasteiger partial charge in [-0.2, -0.15) is 5.10 Å². The summed E-state index contributed by atoms with van der Waals surface area (Å²) in [6.45, 7) is 6.23. The lowest BCUT2D eigenvalue weighted by Gasteiger charge is -2.13. The molecule has 0 fully saturated rings. The summed E-state index contributed by atoms with van der Waals surface area (Å²) in [7, 11) is 1.54. The summed E-state index contributed by atoms with van der Waals surface area (Å²) in [4.78, 5) is 24.3. The monoisotopic (exact) mass is 523 g/mol. The molecule has 176 valence electrons. The van der Waals surface area contributed by atoms with E-state index in [9.17, 15) is 9.59 Å². The Labute approximate surface area is 207 Å². The van der Waals surface area contributed by atoms with Crippen molar-refractivity contribution in [3.05, 3.63) is 86.9 Å². The van der Waals surface area contributed by atoms with Gasteiger partial charge < -0.3 is 14.8 Å². The number of aryl methyl sites for hydroxylation is 3. The number of benzene rings is 3. The summed E-state index contributed by atoms with van der Waals surface area (Å²) in [6.07, 6.45) is 1.42. The van der Waals surface area contributed by atoms with Gasteiger partial charge in [-0.05, 0) is 71.6 Å². The first-order chi connectivity index (χ1) is 16.3. The minimum Gasteiger partial charge on any atom is -0.493 e. The van der Waals surface area contributed by atoms with Gasteiger partial charge in [0.25, 0.3) is 0 Å². The number of carbonyl (C=O) groups excluding carboxylic acids is 2. The van der Waals surface area contributed by atoms with Crippen molar-refractivity contribution in [2.75, 3.05) is 12.4 Å². The van der Waals surface area contributed by atoms with Crippen LogP contribution in [0.2, 0.25) is 0 Å². The first kappa shape index (κ1) is 25.0. The van der Waals surface area contributed by atoms with E-state index in [-0.39, 0.29) is 0 Å². The van der Waals surface area contributed by atoms with Crippen molar-refractivity contribution >= 4 is 39.6 Å². The Morgan fingerprint density at radius 3 is 2.35 bits per heavy atom. The van der Waals surface area contributed by atoms with Crippen LogP contribution in [0, 0.1) is 20.8 Å². The molecule has 0 radical (unpaired) electrons. The van der Waals surface area contributed by atoms with Crippen LogP contribution in [-0.2, 0) is 16.2 Å². The van der Waals surface area contributed by atoms with E-state index in [1.165, 1.54) is 11.8 Å². The molecule has 3 aromatic rings. The first-order valence-electron chi connectivity index (χ1n) is 10.5. The lowest BCUT2D eigenvalue weighted by molar-refractivity contribution is -0.136. The van der Waals surface area contributed by atoms with Crippen LogP contribution < -0.4 is 20.2 Å². The van der Waals surface area contributed by atoms with Crippen molar-refractivity contribution in [1.82, 2.24) is 5.43 Å².